The van der Waals surface area contributed by atoms with Crippen LogP contribution in [0.1, 0.15) is 27.9 Å². The van der Waals surface area contributed by atoms with Crippen molar-refractivity contribution in [1.29, 1.82) is 0 Å². The van der Waals surface area contributed by atoms with Gasteiger partial charge in [0.1, 0.15) is 36.0 Å². The van der Waals surface area contributed by atoms with Crippen LogP contribution in [0.5, 0.6) is 5.75 Å². The molecule has 7 nitrogen and oxygen atoms in total. The maximum atomic E-state index is 15.8. The van der Waals surface area contributed by atoms with Gasteiger partial charge in [0, 0.05) is 29.0 Å². The van der Waals surface area contributed by atoms with Crippen LogP contribution in [0.4, 0.5) is 26.3 Å². The van der Waals surface area contributed by atoms with Gasteiger partial charge in [-0.2, -0.15) is 13.9 Å². The van der Waals surface area contributed by atoms with E-state index >= 15 is 8.78 Å². The van der Waals surface area contributed by atoms with Gasteiger partial charge in [-0.15, -0.1) is 0 Å². The summed E-state index contributed by atoms with van der Waals surface area (Å²) in [5.41, 5.74) is -3.97. The van der Waals surface area contributed by atoms with E-state index in [-0.39, 0.29) is 12.2 Å². The lowest BCUT2D eigenvalue weighted by molar-refractivity contribution is -0.203. The average molecular weight is 600 g/mol. The van der Waals surface area contributed by atoms with Crippen molar-refractivity contribution in [3.63, 3.8) is 0 Å². The van der Waals surface area contributed by atoms with Crippen LogP contribution in [0.15, 0.2) is 84.1 Å². The summed E-state index contributed by atoms with van der Waals surface area (Å²) in [7, 11) is 0. The number of ether oxygens (including phenoxy) is 1. The zero-order chi connectivity index (χ0) is 31.2. The number of hydrogen-bond acceptors (Lipinski definition) is 6. The van der Waals surface area contributed by atoms with E-state index in [0.717, 1.165) is 36.8 Å². The maximum Gasteiger partial charge on any atom is 0.323 e. The van der Waals surface area contributed by atoms with E-state index < -0.39 is 52.6 Å². The van der Waals surface area contributed by atoms with Crippen molar-refractivity contribution in [1.82, 2.24) is 9.99 Å². The highest BCUT2D eigenvalue weighted by Gasteiger charge is 2.58. The highest BCUT2D eigenvalue weighted by Crippen LogP contribution is 2.46. The molecule has 13 heteroatoms. The predicted octanol–water partition coefficient (Wildman–Crippen LogP) is 4.67. The third-order valence-corrected chi connectivity index (χ3v) is 6.20. The van der Waals surface area contributed by atoms with Crippen LogP contribution in [-0.4, -0.2) is 28.0 Å². The van der Waals surface area contributed by atoms with Crippen molar-refractivity contribution in [3.05, 3.63) is 130 Å². The average Bonchev–Trinajstić information content (AvgIpc) is 2.97. The van der Waals surface area contributed by atoms with Crippen molar-refractivity contribution in [2.45, 2.75) is 18.1 Å². The van der Waals surface area contributed by atoms with E-state index in [0.29, 0.717) is 34.0 Å². The summed E-state index contributed by atoms with van der Waals surface area (Å²) < 4.78 is 91.6. The van der Waals surface area contributed by atoms with E-state index in [1.807, 2.05) is 0 Å². The molecule has 5 N–H and O–H groups in total. The lowest BCUT2D eigenvalue weighted by atomic mass is 9.84. The molecule has 0 saturated carbocycles. The Kier molecular flexibility index (Phi) is 9.23. The third-order valence-electron chi connectivity index (χ3n) is 6.20. The number of nitrogens with zero attached hydrogens (tertiary/aromatic N) is 3. The number of alkyl halides is 2. The molecule has 1 unspecified atom stereocenters. The number of halogens is 6. The topological polar surface area (TPSA) is 110 Å². The molecule has 4 aromatic rings. The molecule has 1 aromatic heterocycles. The second kappa shape index (κ2) is 12.8. The molecule has 0 fully saturated rings. The fourth-order valence-electron chi connectivity index (χ4n) is 4.01. The van der Waals surface area contributed by atoms with E-state index in [1.165, 1.54) is 12.1 Å². The maximum absolute atomic E-state index is 15.8. The van der Waals surface area contributed by atoms with Gasteiger partial charge in [-0.05, 0) is 66.2 Å². The minimum atomic E-state index is -4.24. The summed E-state index contributed by atoms with van der Waals surface area (Å²) >= 11 is 0. The first-order chi connectivity index (χ1) is 20.4. The molecular weight excluding hydrogens is 576 g/mol. The molecule has 3 aromatic carbocycles. The minimum Gasteiger partial charge on any atom is -0.489 e. The lowest BCUT2D eigenvalue weighted by Gasteiger charge is -2.37. The highest BCUT2D eigenvalue weighted by atomic mass is 19.3. The third kappa shape index (κ3) is 7.06. The van der Waals surface area contributed by atoms with Gasteiger partial charge >= 0.3 is 5.92 Å². The van der Waals surface area contributed by atoms with E-state index in [9.17, 15) is 22.7 Å². The number of rotatable bonds is 9. The number of benzene rings is 3. The van der Waals surface area contributed by atoms with Crippen LogP contribution >= 0.6 is 0 Å². The van der Waals surface area contributed by atoms with Gasteiger partial charge in [0.2, 0.25) is 0 Å². The molecule has 0 spiro atoms. The number of nitrogens with two attached hydrogens (primary N) is 2. The van der Waals surface area contributed by atoms with Gasteiger partial charge in [-0.25, -0.2) is 23.4 Å². The van der Waals surface area contributed by atoms with Crippen molar-refractivity contribution in [2.24, 2.45) is 16.8 Å². The SMILES string of the molecule is N/N=C\N(N)CC(O)(c1ccc(F)cc1F)C(F)(F)c1ccc(C#Cc2ccc(OCc3ccc(F)c(F)c3)cc2)cn1. The highest BCUT2D eigenvalue weighted by molar-refractivity contribution is 5.54. The van der Waals surface area contributed by atoms with E-state index in [2.05, 4.69) is 21.9 Å². The smallest absolute Gasteiger partial charge is 0.323 e. The molecule has 0 radical (unpaired) electrons. The molecule has 0 aliphatic rings. The predicted molar refractivity (Wildman–Crippen MR) is 145 cm³/mol. The van der Waals surface area contributed by atoms with Gasteiger partial charge in [-0.3, -0.25) is 9.99 Å². The molecule has 0 saturated heterocycles. The first-order valence-electron chi connectivity index (χ1n) is 12.4. The zero-order valence-corrected chi connectivity index (χ0v) is 22.1. The van der Waals surface area contributed by atoms with Crippen molar-refractivity contribution in [2.75, 3.05) is 6.54 Å². The number of aliphatic hydroxyl groups is 1. The van der Waals surface area contributed by atoms with Crippen LogP contribution in [0, 0.1) is 35.1 Å². The van der Waals surface area contributed by atoms with Crippen molar-refractivity contribution >= 4 is 6.34 Å². The Balaban J connectivity index is 1.51. The number of pyridine rings is 1. The van der Waals surface area contributed by atoms with E-state index in [4.69, 9.17) is 16.4 Å². The molecule has 0 aliphatic carbocycles. The number of hydrazone groups is 1. The Bertz CT molecular complexity index is 1670. The molecular formula is C30H23F6N5O2. The number of aromatic nitrogens is 1. The van der Waals surface area contributed by atoms with Crippen LogP contribution in [0.25, 0.3) is 0 Å². The lowest BCUT2D eigenvalue weighted by Crippen LogP contribution is -2.53. The Morgan fingerprint density at radius 1 is 0.884 bits per heavy atom. The Morgan fingerprint density at radius 2 is 1.58 bits per heavy atom. The number of hydrogen-bond donors (Lipinski definition) is 3. The molecule has 1 atom stereocenters. The Labute approximate surface area is 242 Å². The molecule has 0 bridgehead atoms. The summed E-state index contributed by atoms with van der Waals surface area (Å²) in [6, 6.07) is 13.8. The first kappa shape index (κ1) is 30.9. The summed E-state index contributed by atoms with van der Waals surface area (Å²) in [4.78, 5) is 3.74. The second-order valence-electron chi connectivity index (χ2n) is 9.24. The molecule has 222 valence electrons. The largest absolute Gasteiger partial charge is 0.489 e. The molecule has 43 heavy (non-hydrogen) atoms. The fraction of sp³-hybridized carbons (Fsp3) is 0.133. The fourth-order valence-corrected chi connectivity index (χ4v) is 4.01. The minimum absolute atomic E-state index is 0.0116. The van der Waals surface area contributed by atoms with Gasteiger partial charge < -0.3 is 15.7 Å². The van der Waals surface area contributed by atoms with Crippen molar-refractivity contribution in [3.8, 4) is 17.6 Å². The monoisotopic (exact) mass is 599 g/mol. The standard InChI is InChI=1S/C30H23F6N5O2/c31-22-7-10-24(26(33)14-22)29(42,17-41(38)18-40-37)30(35,36)28-12-6-20(15-39-28)2-1-19-3-8-23(9-4-19)43-16-21-5-11-25(32)27(34)13-21/h3-15,18,42H,16-17,37-38H2/b40-18-. The van der Waals surface area contributed by atoms with Crippen LogP contribution in [0.2, 0.25) is 0 Å². The van der Waals surface area contributed by atoms with Gasteiger partial charge in [0.25, 0.3) is 0 Å². The van der Waals surface area contributed by atoms with Crippen molar-refractivity contribution < 1.29 is 36.2 Å². The molecule has 4 rings (SSSR count). The first-order valence-corrected chi connectivity index (χ1v) is 12.4. The summed E-state index contributed by atoms with van der Waals surface area (Å²) in [5.74, 6) is 7.99. The Hall–Kier alpha value is -5.06. The molecule has 0 amide bonds. The normalized spacial score (nSPS) is 12.8. The number of hydrazine groups is 1. The quantitative estimate of drug-likeness (QED) is 0.0644. The summed E-state index contributed by atoms with van der Waals surface area (Å²) in [6.45, 7) is -1.08. The summed E-state index contributed by atoms with van der Waals surface area (Å²) in [6.07, 6.45) is 1.78. The van der Waals surface area contributed by atoms with Crippen LogP contribution in [0.3, 0.4) is 0 Å². The zero-order valence-electron chi connectivity index (χ0n) is 22.1. The van der Waals surface area contributed by atoms with Crippen LogP contribution < -0.4 is 16.4 Å². The van der Waals surface area contributed by atoms with Gasteiger partial charge in [0.05, 0.1) is 6.54 Å². The second-order valence-corrected chi connectivity index (χ2v) is 9.24. The van der Waals surface area contributed by atoms with Crippen LogP contribution in [-0.2, 0) is 18.1 Å². The molecule has 0 aliphatic heterocycles. The van der Waals surface area contributed by atoms with E-state index in [1.54, 1.807) is 24.3 Å². The Morgan fingerprint density at radius 3 is 2.21 bits per heavy atom. The van der Waals surface area contributed by atoms with Gasteiger partial charge in [-0.1, -0.05) is 17.9 Å². The molecule has 1 heterocycles. The summed E-state index contributed by atoms with van der Waals surface area (Å²) in [5, 5.41) is 14.8. The van der Waals surface area contributed by atoms with Gasteiger partial charge in [0.15, 0.2) is 17.2 Å².